The van der Waals surface area contributed by atoms with Crippen molar-refractivity contribution in [2.75, 3.05) is 25.1 Å². The van der Waals surface area contributed by atoms with E-state index in [1.807, 2.05) is 17.0 Å². The first kappa shape index (κ1) is 13.7. The van der Waals surface area contributed by atoms with E-state index in [9.17, 15) is 10.1 Å². The van der Waals surface area contributed by atoms with Gasteiger partial charge in [-0.25, -0.2) is 0 Å². The molecular weight excluding hydrogens is 264 g/mol. The van der Waals surface area contributed by atoms with Crippen molar-refractivity contribution in [1.82, 2.24) is 0 Å². The van der Waals surface area contributed by atoms with Gasteiger partial charge in [0.05, 0.1) is 29.3 Å². The van der Waals surface area contributed by atoms with E-state index in [0.717, 1.165) is 25.1 Å². The lowest BCUT2D eigenvalue weighted by molar-refractivity contribution is -0.145. The van der Waals surface area contributed by atoms with Gasteiger partial charge in [0.2, 0.25) is 0 Å². The molecule has 0 radical (unpaired) electrons. The Morgan fingerprint density at radius 1 is 1.58 bits per heavy atom. The average molecular weight is 279 g/mol. The summed E-state index contributed by atoms with van der Waals surface area (Å²) in [5.41, 5.74) is 1.26. The highest BCUT2D eigenvalue weighted by molar-refractivity contribution is 6.32. The fraction of sp³-hybridized carbons (Fsp3) is 0.429. The van der Waals surface area contributed by atoms with Gasteiger partial charge in [0.15, 0.2) is 0 Å². The number of rotatable bonds is 2. The van der Waals surface area contributed by atoms with E-state index in [1.54, 1.807) is 6.07 Å². The minimum atomic E-state index is -0.190. The predicted molar refractivity (Wildman–Crippen MR) is 73.1 cm³/mol. The Kier molecular flexibility index (Phi) is 4.28. The van der Waals surface area contributed by atoms with Gasteiger partial charge in [-0.2, -0.15) is 5.26 Å². The molecular formula is C14H15ClN2O2. The molecule has 0 saturated carbocycles. The van der Waals surface area contributed by atoms with E-state index in [1.165, 1.54) is 7.11 Å². The van der Waals surface area contributed by atoms with Crippen LogP contribution in [0.1, 0.15) is 18.4 Å². The molecule has 0 aliphatic carbocycles. The second kappa shape index (κ2) is 5.94. The summed E-state index contributed by atoms with van der Waals surface area (Å²) in [6.45, 7) is 1.39. The van der Waals surface area contributed by atoms with Crippen LogP contribution in [-0.4, -0.2) is 26.2 Å². The zero-order valence-corrected chi connectivity index (χ0v) is 11.5. The van der Waals surface area contributed by atoms with Crippen LogP contribution in [0.15, 0.2) is 18.2 Å². The van der Waals surface area contributed by atoms with Gasteiger partial charge in [-0.1, -0.05) is 17.7 Å². The number of anilines is 1. The van der Waals surface area contributed by atoms with Crippen molar-refractivity contribution in [2.45, 2.75) is 12.8 Å². The van der Waals surface area contributed by atoms with Crippen LogP contribution in [-0.2, 0) is 9.53 Å². The van der Waals surface area contributed by atoms with Crippen molar-refractivity contribution in [3.8, 4) is 6.07 Å². The topological polar surface area (TPSA) is 53.3 Å². The lowest BCUT2D eigenvalue weighted by Crippen LogP contribution is -2.39. The molecule has 1 heterocycles. The fourth-order valence-corrected chi connectivity index (χ4v) is 2.65. The summed E-state index contributed by atoms with van der Waals surface area (Å²) in [4.78, 5) is 13.7. The summed E-state index contributed by atoms with van der Waals surface area (Å²) >= 11 is 6.03. The normalized spacial score (nSPS) is 18.8. The maximum atomic E-state index is 11.6. The third-order valence-corrected chi connectivity index (χ3v) is 3.71. The van der Waals surface area contributed by atoms with Crippen molar-refractivity contribution in [3.63, 3.8) is 0 Å². The second-order valence-corrected chi connectivity index (χ2v) is 4.96. The molecule has 1 atom stereocenters. The van der Waals surface area contributed by atoms with Crippen molar-refractivity contribution in [1.29, 1.82) is 5.26 Å². The van der Waals surface area contributed by atoms with E-state index in [2.05, 4.69) is 6.07 Å². The second-order valence-electron chi connectivity index (χ2n) is 4.55. The van der Waals surface area contributed by atoms with Gasteiger partial charge in [0, 0.05) is 13.1 Å². The van der Waals surface area contributed by atoms with Crippen LogP contribution in [0.5, 0.6) is 0 Å². The van der Waals surface area contributed by atoms with Crippen LogP contribution < -0.4 is 4.90 Å². The number of nitriles is 1. The Morgan fingerprint density at radius 2 is 2.37 bits per heavy atom. The molecule has 0 N–H and O–H groups in total. The van der Waals surface area contributed by atoms with E-state index >= 15 is 0 Å². The third-order valence-electron chi connectivity index (χ3n) is 3.40. The van der Waals surface area contributed by atoms with Gasteiger partial charge in [-0.3, -0.25) is 4.79 Å². The molecule has 1 aliphatic heterocycles. The maximum Gasteiger partial charge on any atom is 0.310 e. The lowest BCUT2D eigenvalue weighted by atomic mass is 9.97. The zero-order chi connectivity index (χ0) is 13.8. The molecule has 2 rings (SSSR count). The zero-order valence-electron chi connectivity index (χ0n) is 10.7. The predicted octanol–water partition coefficient (Wildman–Crippen LogP) is 2.60. The summed E-state index contributed by atoms with van der Waals surface area (Å²) < 4.78 is 4.80. The Bertz CT molecular complexity index is 525. The first-order chi connectivity index (χ1) is 9.17. The minimum Gasteiger partial charge on any atom is -0.469 e. The van der Waals surface area contributed by atoms with Crippen LogP contribution >= 0.6 is 11.6 Å². The number of methoxy groups -OCH3 is 1. The van der Waals surface area contributed by atoms with Gasteiger partial charge >= 0.3 is 5.97 Å². The van der Waals surface area contributed by atoms with E-state index in [0.29, 0.717) is 17.1 Å². The minimum absolute atomic E-state index is 0.135. The van der Waals surface area contributed by atoms with Crippen molar-refractivity contribution in [3.05, 3.63) is 28.8 Å². The number of halogens is 1. The first-order valence-corrected chi connectivity index (χ1v) is 6.56. The number of benzene rings is 1. The van der Waals surface area contributed by atoms with Crippen molar-refractivity contribution >= 4 is 23.3 Å². The first-order valence-electron chi connectivity index (χ1n) is 6.18. The number of hydrogen-bond acceptors (Lipinski definition) is 4. The molecule has 1 aromatic rings. The molecule has 19 heavy (non-hydrogen) atoms. The Balaban J connectivity index is 2.25. The molecule has 1 aliphatic rings. The monoisotopic (exact) mass is 278 g/mol. The van der Waals surface area contributed by atoms with Crippen molar-refractivity contribution in [2.24, 2.45) is 5.92 Å². The maximum absolute atomic E-state index is 11.6. The quantitative estimate of drug-likeness (QED) is 0.780. The molecule has 1 saturated heterocycles. The number of ether oxygens (including phenoxy) is 1. The van der Waals surface area contributed by atoms with Gasteiger partial charge < -0.3 is 9.64 Å². The van der Waals surface area contributed by atoms with E-state index < -0.39 is 0 Å². The molecule has 1 fully saturated rings. The fourth-order valence-electron chi connectivity index (χ4n) is 2.44. The number of esters is 1. The molecule has 0 aromatic heterocycles. The average Bonchev–Trinajstić information content (AvgIpc) is 2.46. The van der Waals surface area contributed by atoms with E-state index in [4.69, 9.17) is 16.3 Å². The molecule has 4 nitrogen and oxygen atoms in total. The summed E-state index contributed by atoms with van der Waals surface area (Å²) in [6, 6.07) is 7.51. The van der Waals surface area contributed by atoms with Gasteiger partial charge in [0.1, 0.15) is 6.07 Å². The van der Waals surface area contributed by atoms with Gasteiger partial charge in [0.25, 0.3) is 0 Å². The van der Waals surface area contributed by atoms with Crippen LogP contribution in [0.25, 0.3) is 0 Å². The molecule has 5 heteroatoms. The van der Waals surface area contributed by atoms with Gasteiger partial charge in [-0.15, -0.1) is 0 Å². The highest BCUT2D eigenvalue weighted by Gasteiger charge is 2.27. The molecule has 0 bridgehead atoms. The van der Waals surface area contributed by atoms with E-state index in [-0.39, 0.29) is 11.9 Å². The standard InChI is InChI=1S/C14H15ClN2O2/c1-19-14(18)10-4-3-7-17(9-10)13-6-2-5-12(15)11(13)8-16/h2,5-6,10H,3-4,7,9H2,1H3. The SMILES string of the molecule is COC(=O)C1CCCN(c2cccc(Cl)c2C#N)C1. The summed E-state index contributed by atoms with van der Waals surface area (Å²) in [5, 5.41) is 9.64. The number of carbonyl (C=O) groups excluding carboxylic acids is 1. The largest absolute Gasteiger partial charge is 0.469 e. The number of carbonyl (C=O) groups is 1. The Hall–Kier alpha value is -1.73. The summed E-state index contributed by atoms with van der Waals surface area (Å²) in [6.07, 6.45) is 1.72. The number of piperidine rings is 1. The number of nitrogens with zero attached hydrogens (tertiary/aromatic N) is 2. The molecule has 0 amide bonds. The molecule has 1 unspecified atom stereocenters. The molecule has 100 valence electrons. The highest BCUT2D eigenvalue weighted by atomic mass is 35.5. The lowest BCUT2D eigenvalue weighted by Gasteiger charge is -2.33. The number of hydrogen-bond donors (Lipinski definition) is 0. The Morgan fingerprint density at radius 3 is 3.05 bits per heavy atom. The van der Waals surface area contributed by atoms with Crippen LogP contribution in [0.2, 0.25) is 5.02 Å². The smallest absolute Gasteiger partial charge is 0.310 e. The van der Waals surface area contributed by atoms with Crippen molar-refractivity contribution < 1.29 is 9.53 Å². The van der Waals surface area contributed by atoms with Gasteiger partial charge in [-0.05, 0) is 25.0 Å². The molecule has 1 aromatic carbocycles. The molecule has 0 spiro atoms. The Labute approximate surface area is 117 Å². The van der Waals surface area contributed by atoms with Crippen LogP contribution in [0.3, 0.4) is 0 Å². The van der Waals surface area contributed by atoms with Crippen LogP contribution in [0.4, 0.5) is 5.69 Å². The summed E-state index contributed by atoms with van der Waals surface area (Å²) in [7, 11) is 1.40. The van der Waals surface area contributed by atoms with Crippen LogP contribution in [0, 0.1) is 17.2 Å². The highest BCUT2D eigenvalue weighted by Crippen LogP contribution is 2.30. The third kappa shape index (κ3) is 2.82. The summed E-state index contributed by atoms with van der Waals surface area (Å²) in [5.74, 6) is -0.325.